The minimum absolute atomic E-state index is 0.354. The van der Waals surface area contributed by atoms with E-state index in [1.807, 2.05) is 6.08 Å². The zero-order chi connectivity index (χ0) is 10.1. The number of nitrogens with one attached hydrogen (secondary N) is 1. The molecule has 0 radical (unpaired) electrons. The second-order valence-electron chi connectivity index (χ2n) is 2.70. The Balaban J connectivity index is 3.44. The fraction of sp³-hybridized carbons (Fsp3) is 0.667. The van der Waals surface area contributed by atoms with E-state index in [-0.39, 0.29) is 0 Å². The first-order valence-electron chi connectivity index (χ1n) is 4.61. The molecule has 0 aliphatic rings. The summed E-state index contributed by atoms with van der Waals surface area (Å²) >= 11 is 4.66. The van der Waals surface area contributed by atoms with Gasteiger partial charge in [-0.2, -0.15) is 0 Å². The Morgan fingerprint density at radius 1 is 1.38 bits per heavy atom. The maximum absolute atomic E-state index is 5.26. The van der Waals surface area contributed by atoms with Crippen LogP contribution in [0.3, 0.4) is 0 Å². The molecule has 0 atom stereocenters. The highest BCUT2D eigenvalue weighted by Gasteiger charge is 1.92. The van der Waals surface area contributed by atoms with Gasteiger partial charge in [0, 0.05) is 13.1 Å². The van der Waals surface area contributed by atoms with Gasteiger partial charge >= 0.3 is 0 Å². The van der Waals surface area contributed by atoms with Crippen molar-refractivity contribution in [2.24, 2.45) is 5.73 Å². The van der Waals surface area contributed by atoms with Crippen molar-refractivity contribution in [3.63, 3.8) is 0 Å². The van der Waals surface area contributed by atoms with Crippen LogP contribution in [-0.4, -0.2) is 36.2 Å². The van der Waals surface area contributed by atoms with Gasteiger partial charge in [0.05, 0.1) is 0 Å². The Kier molecular flexibility index (Phi) is 7.63. The molecule has 3 N–H and O–H groups in total. The van der Waals surface area contributed by atoms with Crippen LogP contribution < -0.4 is 11.1 Å². The third-order valence-corrected chi connectivity index (χ3v) is 1.96. The van der Waals surface area contributed by atoms with Crippen LogP contribution in [0.25, 0.3) is 0 Å². The highest BCUT2D eigenvalue weighted by Crippen LogP contribution is 1.86. The summed E-state index contributed by atoms with van der Waals surface area (Å²) in [6, 6.07) is 0. The van der Waals surface area contributed by atoms with Crippen LogP contribution in [0.4, 0.5) is 0 Å². The summed E-state index contributed by atoms with van der Waals surface area (Å²) in [7, 11) is 0. The summed E-state index contributed by atoms with van der Waals surface area (Å²) in [5.74, 6) is 0. The summed E-state index contributed by atoms with van der Waals surface area (Å²) in [6.45, 7) is 8.20. The molecule has 0 aromatic heterocycles. The van der Waals surface area contributed by atoms with Crippen LogP contribution >= 0.6 is 12.2 Å². The molecule has 0 spiro atoms. The molecule has 0 aromatic carbocycles. The third-order valence-electron chi connectivity index (χ3n) is 1.82. The van der Waals surface area contributed by atoms with Crippen LogP contribution in [0.2, 0.25) is 0 Å². The number of thiocarbonyl (C=S) groups is 1. The lowest BCUT2D eigenvalue weighted by atomic mass is 10.4. The molecule has 0 rings (SSSR count). The smallest absolute Gasteiger partial charge is 0.163 e. The molecule has 0 amide bonds. The molecule has 0 heterocycles. The Labute approximate surface area is 86.0 Å². The van der Waals surface area contributed by atoms with Gasteiger partial charge in [-0.05, 0) is 25.3 Å². The van der Waals surface area contributed by atoms with Gasteiger partial charge < -0.3 is 16.0 Å². The van der Waals surface area contributed by atoms with Gasteiger partial charge in [-0.25, -0.2) is 0 Å². The normalized spacial score (nSPS) is 11.0. The lowest BCUT2D eigenvalue weighted by molar-refractivity contribution is 0.337. The highest BCUT2D eigenvalue weighted by molar-refractivity contribution is 7.80. The second-order valence-corrected chi connectivity index (χ2v) is 3.14. The van der Waals surface area contributed by atoms with Crippen LogP contribution in [0.15, 0.2) is 12.2 Å². The van der Waals surface area contributed by atoms with Crippen molar-refractivity contribution < 1.29 is 0 Å². The third kappa shape index (κ3) is 7.74. The summed E-state index contributed by atoms with van der Waals surface area (Å²) in [4.78, 5) is 2.33. The first kappa shape index (κ1) is 12.4. The molecule has 0 aliphatic carbocycles. The molecule has 0 unspecified atom stereocenters. The molecule has 0 fully saturated rings. The van der Waals surface area contributed by atoms with E-state index in [1.165, 1.54) is 0 Å². The molecular formula is C9H19N3S. The van der Waals surface area contributed by atoms with Crippen molar-refractivity contribution in [3.05, 3.63) is 12.2 Å². The van der Waals surface area contributed by atoms with Gasteiger partial charge in [0.2, 0.25) is 0 Å². The van der Waals surface area contributed by atoms with E-state index < -0.39 is 0 Å². The maximum Gasteiger partial charge on any atom is 0.163 e. The van der Waals surface area contributed by atoms with Crippen molar-refractivity contribution in [2.45, 2.75) is 13.8 Å². The molecule has 0 saturated carbocycles. The van der Waals surface area contributed by atoms with Crippen molar-refractivity contribution in [2.75, 3.05) is 26.2 Å². The number of nitrogens with two attached hydrogens (primary N) is 1. The Bertz CT molecular complexity index is 164. The molecule has 0 saturated heterocycles. The van der Waals surface area contributed by atoms with Crippen molar-refractivity contribution in [1.82, 2.24) is 10.2 Å². The van der Waals surface area contributed by atoms with Crippen LogP contribution in [0, 0.1) is 0 Å². The molecular weight excluding hydrogens is 182 g/mol. The van der Waals surface area contributed by atoms with E-state index in [4.69, 9.17) is 5.73 Å². The van der Waals surface area contributed by atoms with E-state index >= 15 is 0 Å². The predicted molar refractivity (Wildman–Crippen MR) is 61.7 cm³/mol. The van der Waals surface area contributed by atoms with E-state index in [1.54, 1.807) is 0 Å². The number of nitrogens with zero attached hydrogens (tertiary/aromatic N) is 1. The van der Waals surface area contributed by atoms with Crippen LogP contribution in [0.5, 0.6) is 0 Å². The maximum atomic E-state index is 5.26. The first-order chi connectivity index (χ1) is 6.20. The Hall–Kier alpha value is -0.610. The van der Waals surface area contributed by atoms with Gasteiger partial charge in [0.1, 0.15) is 0 Å². The zero-order valence-electron chi connectivity index (χ0n) is 8.42. The van der Waals surface area contributed by atoms with Gasteiger partial charge in [-0.3, -0.25) is 0 Å². The van der Waals surface area contributed by atoms with Gasteiger partial charge in [-0.15, -0.1) is 0 Å². The second kappa shape index (κ2) is 8.01. The van der Waals surface area contributed by atoms with Crippen LogP contribution in [-0.2, 0) is 0 Å². The SMILES string of the molecule is CCN(CC)CC=CCNC(N)=S. The molecule has 4 heteroatoms. The van der Waals surface area contributed by atoms with Gasteiger partial charge in [-0.1, -0.05) is 26.0 Å². The standard InChI is InChI=1S/C9H19N3S/c1-3-12(4-2)8-6-5-7-11-9(10)13/h5-6H,3-4,7-8H2,1-2H3,(H3,10,11,13). The summed E-state index contributed by atoms with van der Waals surface area (Å²) in [6.07, 6.45) is 4.16. The van der Waals surface area contributed by atoms with Crippen molar-refractivity contribution in [1.29, 1.82) is 0 Å². The monoisotopic (exact) mass is 201 g/mol. The largest absolute Gasteiger partial charge is 0.376 e. The minimum Gasteiger partial charge on any atom is -0.376 e. The number of rotatable bonds is 6. The molecule has 13 heavy (non-hydrogen) atoms. The lowest BCUT2D eigenvalue weighted by Crippen LogP contribution is -2.29. The summed E-state index contributed by atoms with van der Waals surface area (Å²) < 4.78 is 0. The Morgan fingerprint density at radius 2 is 2.00 bits per heavy atom. The topological polar surface area (TPSA) is 41.3 Å². The zero-order valence-corrected chi connectivity index (χ0v) is 9.23. The quantitative estimate of drug-likeness (QED) is 0.491. The van der Waals surface area contributed by atoms with Crippen molar-refractivity contribution >= 4 is 17.3 Å². The molecule has 76 valence electrons. The number of hydrogen-bond donors (Lipinski definition) is 2. The van der Waals surface area contributed by atoms with Crippen molar-refractivity contribution in [3.8, 4) is 0 Å². The fourth-order valence-corrected chi connectivity index (χ4v) is 1.03. The Morgan fingerprint density at radius 3 is 2.46 bits per heavy atom. The summed E-state index contributed by atoms with van der Waals surface area (Å²) in [5.41, 5.74) is 5.26. The molecule has 0 aliphatic heterocycles. The van der Waals surface area contributed by atoms with E-state index in [0.29, 0.717) is 5.11 Å². The number of likely N-dealkylation sites (N-methyl/N-ethyl adjacent to an activating group) is 1. The molecule has 0 aromatic rings. The average molecular weight is 201 g/mol. The summed E-state index contributed by atoms with van der Waals surface area (Å²) in [5, 5.41) is 3.21. The average Bonchev–Trinajstić information content (AvgIpc) is 2.11. The lowest BCUT2D eigenvalue weighted by Gasteiger charge is -2.14. The molecule has 0 bridgehead atoms. The fourth-order valence-electron chi connectivity index (χ4n) is 0.948. The van der Waals surface area contributed by atoms with Gasteiger partial charge in [0.25, 0.3) is 0 Å². The highest BCUT2D eigenvalue weighted by atomic mass is 32.1. The minimum atomic E-state index is 0.354. The number of hydrogen-bond acceptors (Lipinski definition) is 2. The van der Waals surface area contributed by atoms with E-state index in [2.05, 4.69) is 42.4 Å². The van der Waals surface area contributed by atoms with Crippen LogP contribution in [0.1, 0.15) is 13.8 Å². The molecule has 3 nitrogen and oxygen atoms in total. The predicted octanol–water partition coefficient (Wildman–Crippen LogP) is 0.718. The van der Waals surface area contributed by atoms with E-state index in [0.717, 1.165) is 26.2 Å². The van der Waals surface area contributed by atoms with E-state index in [9.17, 15) is 0 Å². The van der Waals surface area contributed by atoms with Gasteiger partial charge in [0.15, 0.2) is 5.11 Å². The first-order valence-corrected chi connectivity index (χ1v) is 5.02.